The Morgan fingerprint density at radius 1 is 0.963 bits per heavy atom. The summed E-state index contributed by atoms with van der Waals surface area (Å²) in [4.78, 5) is 2.42. The van der Waals surface area contributed by atoms with Crippen LogP contribution >= 0.6 is 23.2 Å². The molecule has 0 bridgehead atoms. The van der Waals surface area contributed by atoms with Gasteiger partial charge in [-0.05, 0) is 36.8 Å². The second kappa shape index (κ2) is 10.2. The predicted molar refractivity (Wildman–Crippen MR) is 113 cm³/mol. The van der Waals surface area contributed by atoms with E-state index < -0.39 is 0 Å². The molecule has 2 aliphatic rings. The highest BCUT2D eigenvalue weighted by molar-refractivity contribution is 6.37. The van der Waals surface area contributed by atoms with Gasteiger partial charge >= 0.3 is 0 Å². The average Bonchev–Trinajstić information content (AvgIpc) is 2.69. The van der Waals surface area contributed by atoms with Crippen LogP contribution in [0.2, 0.25) is 10.0 Å². The number of benzene rings is 1. The summed E-state index contributed by atoms with van der Waals surface area (Å²) in [5.41, 5.74) is 2.31. The third kappa shape index (κ3) is 5.03. The molecule has 1 aromatic rings. The minimum Gasteiger partial charge on any atom is -0.484 e. The number of rotatable bonds is 8. The number of nitrogens with zero attached hydrogens (tertiary/aromatic N) is 1. The fourth-order valence-corrected chi connectivity index (χ4v) is 4.54. The lowest BCUT2D eigenvalue weighted by molar-refractivity contribution is 0.0553. The van der Waals surface area contributed by atoms with Crippen LogP contribution in [0.15, 0.2) is 0 Å². The Bertz CT molecular complexity index is 633. The molecule has 0 amide bonds. The highest BCUT2D eigenvalue weighted by Gasteiger charge is 2.31. The maximum atomic E-state index is 6.84. The average molecular weight is 415 g/mol. The molecule has 1 saturated heterocycles. The molecule has 2 aliphatic heterocycles. The van der Waals surface area contributed by atoms with Gasteiger partial charge in [0.15, 0.2) is 11.5 Å². The van der Waals surface area contributed by atoms with Crippen LogP contribution in [0.1, 0.15) is 50.7 Å². The second-order valence-electron chi connectivity index (χ2n) is 7.55. The number of piperazine rings is 1. The van der Waals surface area contributed by atoms with E-state index in [0.29, 0.717) is 28.2 Å². The molecule has 1 N–H and O–H groups in total. The zero-order valence-electron chi connectivity index (χ0n) is 16.6. The van der Waals surface area contributed by atoms with Crippen LogP contribution in [-0.4, -0.2) is 50.3 Å². The topological polar surface area (TPSA) is 33.7 Å². The molecule has 0 spiro atoms. The summed E-state index contributed by atoms with van der Waals surface area (Å²) in [7, 11) is 0. The summed E-state index contributed by atoms with van der Waals surface area (Å²) in [6.07, 6.45) is 6.32. The first-order valence-corrected chi connectivity index (χ1v) is 11.2. The summed E-state index contributed by atoms with van der Waals surface area (Å²) in [5.74, 6) is 1.30. The van der Waals surface area contributed by atoms with E-state index >= 15 is 0 Å². The van der Waals surface area contributed by atoms with Crippen molar-refractivity contribution in [3.8, 4) is 11.5 Å². The van der Waals surface area contributed by atoms with Crippen molar-refractivity contribution in [2.75, 3.05) is 39.3 Å². The smallest absolute Gasteiger partial charge is 0.182 e. The van der Waals surface area contributed by atoms with Gasteiger partial charge in [0.25, 0.3) is 0 Å². The van der Waals surface area contributed by atoms with E-state index in [4.69, 9.17) is 32.7 Å². The second-order valence-corrected chi connectivity index (χ2v) is 8.31. The van der Waals surface area contributed by atoms with E-state index in [-0.39, 0.29) is 6.10 Å². The summed E-state index contributed by atoms with van der Waals surface area (Å²) in [6.45, 7) is 9.91. The Labute approximate surface area is 173 Å². The fraction of sp³-hybridized carbons (Fsp3) is 0.714. The predicted octanol–water partition coefficient (Wildman–Crippen LogP) is 4.72. The lowest BCUT2D eigenvalue weighted by Crippen LogP contribution is -2.49. The summed E-state index contributed by atoms with van der Waals surface area (Å²) >= 11 is 13.6. The Hall–Kier alpha value is -0.680. The minimum absolute atomic E-state index is 0.00955. The summed E-state index contributed by atoms with van der Waals surface area (Å²) in [6, 6.07) is 0. The van der Waals surface area contributed by atoms with Crippen molar-refractivity contribution in [3.05, 3.63) is 21.2 Å². The van der Waals surface area contributed by atoms with Gasteiger partial charge in [0, 0.05) is 32.7 Å². The molecule has 1 unspecified atom stereocenters. The SMILES string of the molecule is CCCCc1c(Cl)c2c(c(Cl)c1CCCC)OC(CN1CCNCC1)CO2. The molecule has 1 atom stereocenters. The number of ether oxygens (including phenoxy) is 2. The number of hydrogen-bond donors (Lipinski definition) is 1. The lowest BCUT2D eigenvalue weighted by Gasteiger charge is -2.34. The molecular formula is C21H32Cl2N2O2. The first-order chi connectivity index (χ1) is 13.2. The van der Waals surface area contributed by atoms with Crippen LogP contribution in [0, 0.1) is 0 Å². The molecular weight excluding hydrogens is 383 g/mol. The van der Waals surface area contributed by atoms with Gasteiger partial charge in [-0.3, -0.25) is 4.90 Å². The van der Waals surface area contributed by atoms with E-state index in [1.807, 2.05) is 0 Å². The Morgan fingerprint density at radius 2 is 1.56 bits per heavy atom. The molecule has 2 heterocycles. The van der Waals surface area contributed by atoms with Gasteiger partial charge < -0.3 is 14.8 Å². The van der Waals surface area contributed by atoms with Crippen LogP contribution in [-0.2, 0) is 12.8 Å². The van der Waals surface area contributed by atoms with E-state index in [0.717, 1.165) is 82.4 Å². The van der Waals surface area contributed by atoms with Crippen LogP contribution in [0.4, 0.5) is 0 Å². The summed E-state index contributed by atoms with van der Waals surface area (Å²) in [5, 5.41) is 4.79. The first kappa shape index (κ1) is 21.0. The lowest BCUT2D eigenvalue weighted by atomic mass is 9.96. The quantitative estimate of drug-likeness (QED) is 0.666. The monoisotopic (exact) mass is 414 g/mol. The van der Waals surface area contributed by atoms with Gasteiger partial charge in [0.2, 0.25) is 0 Å². The van der Waals surface area contributed by atoms with Gasteiger partial charge in [-0.2, -0.15) is 0 Å². The van der Waals surface area contributed by atoms with Gasteiger partial charge in [-0.1, -0.05) is 49.9 Å². The largest absolute Gasteiger partial charge is 0.484 e. The van der Waals surface area contributed by atoms with Gasteiger partial charge in [-0.15, -0.1) is 0 Å². The molecule has 152 valence electrons. The van der Waals surface area contributed by atoms with Crippen molar-refractivity contribution in [1.82, 2.24) is 10.2 Å². The van der Waals surface area contributed by atoms with Crippen molar-refractivity contribution < 1.29 is 9.47 Å². The van der Waals surface area contributed by atoms with E-state index in [1.54, 1.807) is 0 Å². The maximum absolute atomic E-state index is 6.84. The highest BCUT2D eigenvalue weighted by Crippen LogP contribution is 2.49. The van der Waals surface area contributed by atoms with Crippen molar-refractivity contribution in [3.63, 3.8) is 0 Å². The van der Waals surface area contributed by atoms with Crippen LogP contribution in [0.25, 0.3) is 0 Å². The van der Waals surface area contributed by atoms with Gasteiger partial charge in [0.05, 0.1) is 10.0 Å². The zero-order chi connectivity index (χ0) is 19.2. The fourth-order valence-electron chi connectivity index (χ4n) is 3.85. The third-order valence-electron chi connectivity index (χ3n) is 5.43. The van der Waals surface area contributed by atoms with Crippen LogP contribution in [0.3, 0.4) is 0 Å². The molecule has 1 aromatic carbocycles. The molecule has 0 saturated carbocycles. The zero-order valence-corrected chi connectivity index (χ0v) is 18.1. The molecule has 0 aliphatic carbocycles. The van der Waals surface area contributed by atoms with Gasteiger partial charge in [-0.25, -0.2) is 0 Å². The Morgan fingerprint density at radius 3 is 2.15 bits per heavy atom. The van der Waals surface area contributed by atoms with Crippen LogP contribution < -0.4 is 14.8 Å². The van der Waals surface area contributed by atoms with E-state index in [2.05, 4.69) is 24.1 Å². The van der Waals surface area contributed by atoms with Crippen molar-refractivity contribution in [2.24, 2.45) is 0 Å². The molecule has 0 aromatic heterocycles. The van der Waals surface area contributed by atoms with Gasteiger partial charge in [0.1, 0.15) is 12.7 Å². The summed E-state index contributed by atoms with van der Waals surface area (Å²) < 4.78 is 12.4. The number of halogens is 2. The normalized spacial score (nSPS) is 20.1. The molecule has 6 heteroatoms. The van der Waals surface area contributed by atoms with E-state index in [9.17, 15) is 0 Å². The van der Waals surface area contributed by atoms with E-state index in [1.165, 1.54) is 0 Å². The third-order valence-corrected chi connectivity index (χ3v) is 6.23. The Kier molecular flexibility index (Phi) is 7.95. The molecule has 0 radical (unpaired) electrons. The van der Waals surface area contributed by atoms with Crippen molar-refractivity contribution >= 4 is 23.2 Å². The molecule has 4 nitrogen and oxygen atoms in total. The molecule has 27 heavy (non-hydrogen) atoms. The molecule has 1 fully saturated rings. The maximum Gasteiger partial charge on any atom is 0.182 e. The van der Waals surface area contributed by atoms with Crippen molar-refractivity contribution in [1.29, 1.82) is 0 Å². The van der Waals surface area contributed by atoms with Crippen molar-refractivity contribution in [2.45, 2.75) is 58.5 Å². The minimum atomic E-state index is -0.00955. The number of hydrogen-bond acceptors (Lipinski definition) is 4. The first-order valence-electron chi connectivity index (χ1n) is 10.4. The standard InChI is InChI=1S/C21H32Cl2N2O2/c1-3-5-7-16-17(8-6-4-2)19(23)21-20(18(16)22)26-14-15(27-21)13-25-11-9-24-10-12-25/h15,24H,3-14H2,1-2H3. The number of nitrogens with one attached hydrogen (secondary N) is 1. The Balaban J connectivity index is 1.84. The molecule has 3 rings (SSSR count). The number of unbranched alkanes of at least 4 members (excludes halogenated alkanes) is 2. The van der Waals surface area contributed by atoms with Crippen LogP contribution in [0.5, 0.6) is 11.5 Å². The highest BCUT2D eigenvalue weighted by atomic mass is 35.5. The number of fused-ring (bicyclic) bond motifs is 1.